The molecule has 10 nitrogen and oxygen atoms in total. The van der Waals surface area contributed by atoms with Gasteiger partial charge in [-0.25, -0.2) is 9.97 Å². The number of nitrogens with zero attached hydrogens (tertiary/aromatic N) is 7. The van der Waals surface area contributed by atoms with Gasteiger partial charge in [-0.15, -0.1) is 0 Å². The zero-order chi connectivity index (χ0) is 31.7. The van der Waals surface area contributed by atoms with Gasteiger partial charge in [0.05, 0.1) is 28.8 Å². The quantitative estimate of drug-likeness (QED) is 0.176. The number of hydrogen-bond donors (Lipinski definition) is 2. The number of para-hydroxylation sites is 1. The van der Waals surface area contributed by atoms with Crippen molar-refractivity contribution in [3.8, 4) is 22.4 Å². The van der Waals surface area contributed by atoms with Gasteiger partial charge in [0, 0.05) is 79.6 Å². The lowest BCUT2D eigenvalue weighted by Gasteiger charge is -2.25. The van der Waals surface area contributed by atoms with Crippen LogP contribution in [0.4, 0.5) is 23.0 Å². The van der Waals surface area contributed by atoms with Crippen molar-refractivity contribution in [2.75, 3.05) is 49.8 Å². The fourth-order valence-corrected chi connectivity index (χ4v) is 6.00. The average Bonchev–Trinajstić information content (AvgIpc) is 3.67. The van der Waals surface area contributed by atoms with Crippen LogP contribution in [0.2, 0.25) is 0 Å². The van der Waals surface area contributed by atoms with Crippen molar-refractivity contribution in [2.45, 2.75) is 39.8 Å². The van der Waals surface area contributed by atoms with Gasteiger partial charge in [0.2, 0.25) is 11.9 Å². The fraction of sp³-hybridized carbons (Fsp3) is 0.314. The van der Waals surface area contributed by atoms with Crippen LogP contribution in [-0.2, 0) is 24.3 Å². The summed E-state index contributed by atoms with van der Waals surface area (Å²) in [7, 11) is 6.13. The number of carbonyl (C=O) groups is 1. The molecular formula is C35H41N9O. The van der Waals surface area contributed by atoms with Crippen molar-refractivity contribution in [3.63, 3.8) is 0 Å². The Morgan fingerprint density at radius 1 is 1.09 bits per heavy atom. The molecule has 2 aromatic carbocycles. The van der Waals surface area contributed by atoms with E-state index in [0.717, 1.165) is 78.3 Å². The van der Waals surface area contributed by atoms with Crippen LogP contribution in [0.15, 0.2) is 67.8 Å². The molecule has 2 N–H and O–H groups in total. The predicted octanol–water partition coefficient (Wildman–Crippen LogP) is 6.10. The number of rotatable bonds is 11. The third-order valence-corrected chi connectivity index (χ3v) is 8.47. The number of hydrogen-bond acceptors (Lipinski definition) is 7. The molecular weight excluding hydrogens is 562 g/mol. The topological polar surface area (TPSA) is 96.1 Å². The average molecular weight is 604 g/mol. The summed E-state index contributed by atoms with van der Waals surface area (Å²) in [5, 5.41) is 12.2. The van der Waals surface area contributed by atoms with Gasteiger partial charge in [0.25, 0.3) is 0 Å². The highest BCUT2D eigenvalue weighted by molar-refractivity contribution is 6.02. The first-order valence-corrected chi connectivity index (χ1v) is 15.5. The maximum Gasteiger partial charge on any atom is 0.247 e. The molecule has 1 aliphatic heterocycles. The molecule has 0 atom stereocenters. The van der Waals surface area contributed by atoms with E-state index < -0.39 is 0 Å². The SMILES string of the molecule is C=CC(=O)Nc1cc(Nc2ncc(-c3cnn(CC)c3)c(-c3cn4c5c(cccc35)CCC4)n2)c(C)cc1N(C)CCN(C)C. The lowest BCUT2D eigenvalue weighted by Crippen LogP contribution is -2.29. The monoisotopic (exact) mass is 603 g/mol. The number of aromatic nitrogens is 5. The van der Waals surface area contributed by atoms with Crippen molar-refractivity contribution >= 4 is 39.8 Å². The highest BCUT2D eigenvalue weighted by Gasteiger charge is 2.22. The molecule has 0 bridgehead atoms. The molecule has 1 amide bonds. The Morgan fingerprint density at radius 3 is 2.69 bits per heavy atom. The molecule has 6 rings (SSSR count). The van der Waals surface area contributed by atoms with Crippen molar-refractivity contribution in [2.24, 2.45) is 0 Å². The van der Waals surface area contributed by atoms with Gasteiger partial charge in [-0.05, 0) is 70.1 Å². The van der Waals surface area contributed by atoms with Crippen LogP contribution < -0.4 is 15.5 Å². The smallest absolute Gasteiger partial charge is 0.247 e. The van der Waals surface area contributed by atoms with E-state index in [1.807, 2.05) is 57.4 Å². The van der Waals surface area contributed by atoms with Gasteiger partial charge in [0.15, 0.2) is 0 Å². The third-order valence-electron chi connectivity index (χ3n) is 8.47. The van der Waals surface area contributed by atoms with E-state index in [9.17, 15) is 4.79 Å². The standard InChI is InChI=1S/C35H41N9O/c1-7-32(45)38-30-18-29(23(3)17-31(30)42(6)16-15-41(4)5)39-35-36-20-27(25-19-37-44(8-2)21-25)33(40-35)28-22-43-14-10-12-24-11-9-13-26(28)34(24)43/h7,9,11,13,17-22H,1,8,10,12,14-16H2,2-6H3,(H,38,45)(H,36,39,40). The lowest BCUT2D eigenvalue weighted by atomic mass is 9.99. The fourth-order valence-electron chi connectivity index (χ4n) is 6.00. The molecule has 0 radical (unpaired) electrons. The van der Waals surface area contributed by atoms with E-state index in [0.29, 0.717) is 11.6 Å². The van der Waals surface area contributed by atoms with Crippen LogP contribution in [0.3, 0.4) is 0 Å². The second kappa shape index (κ2) is 12.6. The van der Waals surface area contributed by atoms with E-state index in [2.05, 4.69) is 74.1 Å². The van der Waals surface area contributed by atoms with Gasteiger partial charge in [-0.2, -0.15) is 5.10 Å². The van der Waals surface area contributed by atoms with Gasteiger partial charge < -0.3 is 25.0 Å². The first kappa shape index (κ1) is 30.1. The highest BCUT2D eigenvalue weighted by atomic mass is 16.1. The molecule has 0 spiro atoms. The summed E-state index contributed by atoms with van der Waals surface area (Å²) in [6.45, 7) is 11.2. The number of carbonyl (C=O) groups excluding carboxylic acids is 1. The van der Waals surface area contributed by atoms with E-state index >= 15 is 0 Å². The number of amides is 1. The largest absolute Gasteiger partial charge is 0.372 e. The zero-order valence-corrected chi connectivity index (χ0v) is 26.8. The Kier molecular flexibility index (Phi) is 8.40. The molecule has 0 aliphatic carbocycles. The summed E-state index contributed by atoms with van der Waals surface area (Å²) in [5.41, 5.74) is 9.91. The number of aryl methyl sites for hydroxylation is 4. The minimum Gasteiger partial charge on any atom is -0.372 e. The van der Waals surface area contributed by atoms with Gasteiger partial charge in [0.1, 0.15) is 0 Å². The molecule has 0 saturated carbocycles. The summed E-state index contributed by atoms with van der Waals surface area (Å²) in [5.74, 6) is 0.206. The van der Waals surface area contributed by atoms with Crippen molar-refractivity contribution in [1.29, 1.82) is 0 Å². The Morgan fingerprint density at radius 2 is 1.93 bits per heavy atom. The normalized spacial score (nSPS) is 12.5. The molecule has 0 fully saturated rings. The Hall–Kier alpha value is -4.96. The molecule has 4 heterocycles. The lowest BCUT2D eigenvalue weighted by molar-refractivity contribution is -0.111. The van der Waals surface area contributed by atoms with E-state index in [4.69, 9.17) is 9.97 Å². The second-order valence-electron chi connectivity index (χ2n) is 11.9. The zero-order valence-electron chi connectivity index (χ0n) is 26.8. The van der Waals surface area contributed by atoms with Crippen LogP contribution in [0.5, 0.6) is 0 Å². The van der Waals surface area contributed by atoms with Crippen molar-refractivity contribution < 1.29 is 4.79 Å². The second-order valence-corrected chi connectivity index (χ2v) is 11.9. The molecule has 5 aromatic rings. The van der Waals surface area contributed by atoms with Crippen LogP contribution in [0.1, 0.15) is 24.5 Å². The molecule has 0 saturated heterocycles. The van der Waals surface area contributed by atoms with Gasteiger partial charge >= 0.3 is 0 Å². The van der Waals surface area contributed by atoms with Crippen molar-refractivity contribution in [3.05, 3.63) is 78.9 Å². The van der Waals surface area contributed by atoms with Crippen LogP contribution in [0.25, 0.3) is 33.3 Å². The third kappa shape index (κ3) is 6.06. The van der Waals surface area contributed by atoms with E-state index in [1.165, 1.54) is 22.5 Å². The summed E-state index contributed by atoms with van der Waals surface area (Å²) in [6, 6.07) is 10.6. The van der Waals surface area contributed by atoms with Crippen molar-refractivity contribution in [1.82, 2.24) is 29.2 Å². The number of nitrogens with one attached hydrogen (secondary N) is 2. The Balaban J connectivity index is 1.44. The summed E-state index contributed by atoms with van der Waals surface area (Å²) in [6.07, 6.45) is 11.5. The Labute approximate surface area is 264 Å². The molecule has 3 aromatic heterocycles. The van der Waals surface area contributed by atoms with Gasteiger partial charge in [-0.1, -0.05) is 24.8 Å². The number of anilines is 4. The summed E-state index contributed by atoms with van der Waals surface area (Å²) < 4.78 is 4.28. The molecule has 45 heavy (non-hydrogen) atoms. The van der Waals surface area contributed by atoms with Crippen LogP contribution in [-0.4, -0.2) is 69.4 Å². The van der Waals surface area contributed by atoms with E-state index in [1.54, 1.807) is 0 Å². The first-order chi connectivity index (χ1) is 21.7. The van der Waals surface area contributed by atoms with Crippen LogP contribution in [0, 0.1) is 6.92 Å². The predicted molar refractivity (Wildman–Crippen MR) is 183 cm³/mol. The maximum absolute atomic E-state index is 12.4. The maximum atomic E-state index is 12.4. The number of likely N-dealkylation sites (N-methyl/N-ethyl adjacent to an activating group) is 2. The van der Waals surface area contributed by atoms with Crippen LogP contribution >= 0.6 is 0 Å². The van der Waals surface area contributed by atoms with E-state index in [-0.39, 0.29) is 5.91 Å². The van der Waals surface area contributed by atoms with Gasteiger partial charge in [-0.3, -0.25) is 9.48 Å². The highest BCUT2D eigenvalue weighted by Crippen LogP contribution is 2.40. The molecule has 0 unspecified atom stereocenters. The molecule has 232 valence electrons. The summed E-state index contributed by atoms with van der Waals surface area (Å²) >= 11 is 0. The minimum absolute atomic E-state index is 0.268. The Bertz CT molecular complexity index is 1880. The first-order valence-electron chi connectivity index (χ1n) is 15.5. The minimum atomic E-state index is -0.268. The molecule has 10 heteroatoms. The molecule has 1 aliphatic rings. The summed E-state index contributed by atoms with van der Waals surface area (Å²) in [4.78, 5) is 26.6. The number of benzene rings is 2.